The van der Waals surface area contributed by atoms with Gasteiger partial charge in [0.2, 0.25) is 5.91 Å². The minimum absolute atomic E-state index is 0.185. The van der Waals surface area contributed by atoms with Gasteiger partial charge in [-0.25, -0.2) is 0 Å². The molecule has 0 saturated carbocycles. The third-order valence-electron chi connectivity index (χ3n) is 4.84. The highest BCUT2D eigenvalue weighted by atomic mass is 19.4. The lowest BCUT2D eigenvalue weighted by Crippen LogP contribution is -2.48. The second kappa shape index (κ2) is 8.73. The maximum atomic E-state index is 12.5. The summed E-state index contributed by atoms with van der Waals surface area (Å²) < 4.78 is 37.4. The zero-order valence-electron chi connectivity index (χ0n) is 14.7. The molecule has 2 aliphatic rings. The highest BCUT2D eigenvalue weighted by Gasteiger charge is 2.34. The lowest BCUT2D eigenvalue weighted by Gasteiger charge is -2.35. The first kappa shape index (κ1) is 19.8. The highest BCUT2D eigenvalue weighted by Crippen LogP contribution is 2.23. The Morgan fingerprint density at radius 2 is 2.00 bits per heavy atom. The summed E-state index contributed by atoms with van der Waals surface area (Å²) in [6, 6.07) is 0. The van der Waals surface area contributed by atoms with Crippen molar-refractivity contribution in [3.05, 3.63) is 0 Å². The minimum atomic E-state index is -4.14. The first-order valence-electron chi connectivity index (χ1n) is 8.80. The summed E-state index contributed by atoms with van der Waals surface area (Å²) in [5.41, 5.74) is 5.29. The molecule has 2 fully saturated rings. The Kier molecular flexibility index (Phi) is 6.92. The van der Waals surface area contributed by atoms with Crippen LogP contribution in [0.25, 0.3) is 0 Å². The third-order valence-corrected chi connectivity index (χ3v) is 4.84. The van der Waals surface area contributed by atoms with Crippen molar-refractivity contribution in [2.75, 3.05) is 46.3 Å². The van der Waals surface area contributed by atoms with Crippen molar-refractivity contribution in [2.24, 2.45) is 22.6 Å². The molecule has 2 saturated heterocycles. The SMILES string of the molecule is CN=C(NCC1CCN(CC(F)(F)F)C1)N1CCCC(CC(N)=O)C1. The first-order chi connectivity index (χ1) is 11.8. The number of nitrogens with two attached hydrogens (primary N) is 1. The molecule has 9 heteroatoms. The molecular weight excluding hydrogens is 335 g/mol. The van der Waals surface area contributed by atoms with Gasteiger partial charge in [0.25, 0.3) is 0 Å². The van der Waals surface area contributed by atoms with Crippen LogP contribution in [0.2, 0.25) is 0 Å². The summed E-state index contributed by atoms with van der Waals surface area (Å²) in [6.45, 7) is 2.30. The van der Waals surface area contributed by atoms with E-state index in [1.54, 1.807) is 7.05 Å². The third kappa shape index (κ3) is 6.72. The normalized spacial score (nSPS) is 26.1. The number of piperidine rings is 1. The minimum Gasteiger partial charge on any atom is -0.370 e. The number of likely N-dealkylation sites (tertiary alicyclic amines) is 2. The van der Waals surface area contributed by atoms with Crippen molar-refractivity contribution >= 4 is 11.9 Å². The smallest absolute Gasteiger partial charge is 0.370 e. The first-order valence-corrected chi connectivity index (χ1v) is 8.80. The van der Waals surface area contributed by atoms with Crippen LogP contribution in [0.4, 0.5) is 13.2 Å². The van der Waals surface area contributed by atoms with Gasteiger partial charge in [0.15, 0.2) is 5.96 Å². The van der Waals surface area contributed by atoms with Crippen LogP contribution >= 0.6 is 0 Å². The molecule has 2 heterocycles. The molecule has 25 heavy (non-hydrogen) atoms. The Morgan fingerprint density at radius 3 is 2.64 bits per heavy atom. The molecule has 2 aliphatic heterocycles. The Hall–Kier alpha value is -1.51. The van der Waals surface area contributed by atoms with Gasteiger partial charge in [0.1, 0.15) is 0 Å². The van der Waals surface area contributed by atoms with Gasteiger partial charge < -0.3 is 16.0 Å². The molecule has 0 bridgehead atoms. The van der Waals surface area contributed by atoms with Gasteiger partial charge >= 0.3 is 6.18 Å². The van der Waals surface area contributed by atoms with E-state index in [9.17, 15) is 18.0 Å². The monoisotopic (exact) mass is 363 g/mol. The largest absolute Gasteiger partial charge is 0.401 e. The molecule has 2 rings (SSSR count). The Bertz CT molecular complexity index is 483. The van der Waals surface area contributed by atoms with E-state index < -0.39 is 12.7 Å². The van der Waals surface area contributed by atoms with Gasteiger partial charge in [-0.1, -0.05) is 0 Å². The van der Waals surface area contributed by atoms with Crippen molar-refractivity contribution in [2.45, 2.75) is 31.9 Å². The molecule has 0 spiro atoms. The predicted molar refractivity (Wildman–Crippen MR) is 90.1 cm³/mol. The molecule has 2 unspecified atom stereocenters. The van der Waals surface area contributed by atoms with Crippen LogP contribution < -0.4 is 11.1 Å². The number of halogens is 3. The van der Waals surface area contributed by atoms with Gasteiger partial charge in [-0.05, 0) is 37.6 Å². The number of rotatable bonds is 5. The fraction of sp³-hybridized carbons (Fsp3) is 0.875. The summed E-state index contributed by atoms with van der Waals surface area (Å²) in [5, 5.41) is 3.29. The molecule has 2 atom stereocenters. The van der Waals surface area contributed by atoms with Gasteiger partial charge in [-0.15, -0.1) is 0 Å². The number of hydrogen-bond acceptors (Lipinski definition) is 3. The van der Waals surface area contributed by atoms with E-state index in [1.807, 2.05) is 0 Å². The van der Waals surface area contributed by atoms with Crippen molar-refractivity contribution in [3.8, 4) is 0 Å². The molecule has 6 nitrogen and oxygen atoms in total. The number of primary amides is 1. The van der Waals surface area contributed by atoms with E-state index in [1.165, 1.54) is 4.90 Å². The van der Waals surface area contributed by atoms with Crippen molar-refractivity contribution in [1.29, 1.82) is 0 Å². The van der Waals surface area contributed by atoms with E-state index in [0.717, 1.165) is 38.3 Å². The molecule has 0 aromatic rings. The van der Waals surface area contributed by atoms with Crippen LogP contribution in [-0.2, 0) is 4.79 Å². The van der Waals surface area contributed by atoms with Crippen LogP contribution in [0.1, 0.15) is 25.7 Å². The second-order valence-corrected chi connectivity index (χ2v) is 7.06. The van der Waals surface area contributed by atoms with Crippen LogP contribution in [0, 0.1) is 11.8 Å². The van der Waals surface area contributed by atoms with E-state index in [0.29, 0.717) is 26.1 Å². The summed E-state index contributed by atoms with van der Waals surface area (Å²) in [7, 11) is 1.70. The number of carbonyl (C=O) groups is 1. The lowest BCUT2D eigenvalue weighted by molar-refractivity contribution is -0.143. The van der Waals surface area contributed by atoms with E-state index in [-0.39, 0.29) is 17.7 Å². The molecule has 144 valence electrons. The number of hydrogen-bond donors (Lipinski definition) is 2. The average molecular weight is 363 g/mol. The quantitative estimate of drug-likeness (QED) is 0.565. The highest BCUT2D eigenvalue weighted by molar-refractivity contribution is 5.80. The van der Waals surface area contributed by atoms with Gasteiger partial charge in [0.05, 0.1) is 6.54 Å². The van der Waals surface area contributed by atoms with E-state index in [4.69, 9.17) is 5.73 Å². The number of carbonyl (C=O) groups excluding carboxylic acids is 1. The fourth-order valence-electron chi connectivity index (χ4n) is 3.75. The fourth-order valence-corrected chi connectivity index (χ4v) is 3.75. The standard InChI is InChI=1S/C16H28F3N5O/c1-21-15(24-5-2-3-12(10-24)7-14(20)25)22-8-13-4-6-23(9-13)11-16(17,18)19/h12-13H,2-11H2,1H3,(H2,20,25)(H,21,22). The van der Waals surface area contributed by atoms with Crippen molar-refractivity contribution in [1.82, 2.24) is 15.1 Å². The molecule has 1 amide bonds. The molecular formula is C16H28F3N5O. The Labute approximate surface area is 146 Å². The summed E-state index contributed by atoms with van der Waals surface area (Å²) >= 11 is 0. The maximum absolute atomic E-state index is 12.5. The van der Waals surface area contributed by atoms with Crippen LogP contribution in [0.15, 0.2) is 4.99 Å². The zero-order chi connectivity index (χ0) is 18.4. The van der Waals surface area contributed by atoms with Gasteiger partial charge in [0, 0.05) is 39.6 Å². The number of nitrogens with one attached hydrogen (secondary N) is 1. The van der Waals surface area contributed by atoms with E-state index >= 15 is 0 Å². The lowest BCUT2D eigenvalue weighted by atomic mass is 9.95. The molecule has 3 N–H and O–H groups in total. The van der Waals surface area contributed by atoms with Crippen LogP contribution in [-0.4, -0.2) is 74.2 Å². The zero-order valence-corrected chi connectivity index (χ0v) is 14.7. The number of nitrogens with zero attached hydrogens (tertiary/aromatic N) is 3. The second-order valence-electron chi connectivity index (χ2n) is 7.06. The Balaban J connectivity index is 1.78. The summed E-state index contributed by atoms with van der Waals surface area (Å²) in [4.78, 5) is 19.0. The molecule has 0 aromatic carbocycles. The van der Waals surface area contributed by atoms with E-state index in [2.05, 4.69) is 15.2 Å². The van der Waals surface area contributed by atoms with Crippen LogP contribution in [0.5, 0.6) is 0 Å². The van der Waals surface area contributed by atoms with Crippen molar-refractivity contribution < 1.29 is 18.0 Å². The number of alkyl halides is 3. The molecule has 0 aliphatic carbocycles. The average Bonchev–Trinajstić information content (AvgIpc) is 2.93. The molecule has 0 aromatic heterocycles. The number of guanidine groups is 1. The van der Waals surface area contributed by atoms with Gasteiger partial charge in [-0.2, -0.15) is 13.2 Å². The summed E-state index contributed by atoms with van der Waals surface area (Å²) in [5.74, 6) is 0.887. The van der Waals surface area contributed by atoms with Crippen molar-refractivity contribution in [3.63, 3.8) is 0 Å². The molecule has 0 radical (unpaired) electrons. The van der Waals surface area contributed by atoms with Gasteiger partial charge in [-0.3, -0.25) is 14.7 Å². The maximum Gasteiger partial charge on any atom is 0.401 e. The topological polar surface area (TPSA) is 74.0 Å². The predicted octanol–water partition coefficient (Wildman–Crippen LogP) is 1.03. The summed E-state index contributed by atoms with van der Waals surface area (Å²) in [6.07, 6.45) is -1.05. The number of amides is 1. The Morgan fingerprint density at radius 1 is 1.24 bits per heavy atom. The number of aliphatic imine (C=N–C) groups is 1. The van der Waals surface area contributed by atoms with Crippen LogP contribution in [0.3, 0.4) is 0 Å².